The first-order valence-corrected chi connectivity index (χ1v) is 19.0. The quantitative estimate of drug-likeness (QED) is 0.0434. The number of hydrogen-bond acceptors (Lipinski definition) is 5. The predicted molar refractivity (Wildman–Crippen MR) is 183 cm³/mol. The zero-order valence-electron chi connectivity index (χ0n) is 29.2. The van der Waals surface area contributed by atoms with Gasteiger partial charge in [0.05, 0.1) is 13.0 Å². The fourth-order valence-electron chi connectivity index (χ4n) is 5.44. The van der Waals surface area contributed by atoms with Crippen molar-refractivity contribution in [1.82, 2.24) is 0 Å². The number of aliphatic hydroxyl groups excluding tert-OH is 1. The third-order valence-electron chi connectivity index (χ3n) is 8.46. The second-order valence-electron chi connectivity index (χ2n) is 12.8. The number of ether oxygens (including phenoxy) is 3. The Morgan fingerprint density at radius 3 is 1.56 bits per heavy atom. The van der Waals surface area contributed by atoms with Gasteiger partial charge in [-0.3, -0.25) is 4.79 Å². The van der Waals surface area contributed by atoms with E-state index in [9.17, 15) is 9.90 Å². The molecule has 0 saturated carbocycles. The van der Waals surface area contributed by atoms with Crippen molar-refractivity contribution in [2.24, 2.45) is 5.92 Å². The summed E-state index contributed by atoms with van der Waals surface area (Å²) in [5, 5.41) is 9.79. The van der Waals surface area contributed by atoms with Crippen molar-refractivity contribution >= 4 is 5.97 Å². The molecular formula is C38H75O5. The van der Waals surface area contributed by atoms with Crippen molar-refractivity contribution in [3.05, 3.63) is 6.42 Å². The maximum absolute atomic E-state index is 12.5. The molecule has 0 aromatic carbocycles. The molecule has 0 heterocycles. The van der Waals surface area contributed by atoms with Gasteiger partial charge >= 0.3 is 5.97 Å². The maximum Gasteiger partial charge on any atom is 0.305 e. The Balaban J connectivity index is 4.04. The van der Waals surface area contributed by atoms with E-state index in [1.54, 1.807) is 0 Å². The van der Waals surface area contributed by atoms with Crippen LogP contribution < -0.4 is 0 Å². The highest BCUT2D eigenvalue weighted by Crippen LogP contribution is 2.16. The topological polar surface area (TPSA) is 65.0 Å². The van der Waals surface area contributed by atoms with Crippen molar-refractivity contribution in [2.45, 2.75) is 200 Å². The normalized spacial score (nSPS) is 12.3. The second-order valence-corrected chi connectivity index (χ2v) is 12.8. The van der Waals surface area contributed by atoms with Gasteiger partial charge in [0, 0.05) is 32.2 Å². The summed E-state index contributed by atoms with van der Waals surface area (Å²) >= 11 is 0. The van der Waals surface area contributed by atoms with E-state index in [1.165, 1.54) is 135 Å². The molecule has 0 rings (SSSR count). The fraction of sp³-hybridized carbons (Fsp3) is 0.947. The van der Waals surface area contributed by atoms with E-state index in [0.717, 1.165) is 25.7 Å². The third-order valence-corrected chi connectivity index (χ3v) is 8.46. The molecule has 1 radical (unpaired) electrons. The molecule has 0 fully saturated rings. The number of unbranched alkanes of at least 4 members (excludes halogenated alkanes) is 22. The maximum atomic E-state index is 12.5. The molecule has 0 aliphatic rings. The van der Waals surface area contributed by atoms with E-state index in [0.29, 0.717) is 32.7 Å². The van der Waals surface area contributed by atoms with E-state index in [4.69, 9.17) is 14.2 Å². The Bertz CT molecular complexity index is 522. The molecule has 5 heteroatoms. The number of carbonyl (C=O) groups is 1. The molecule has 0 spiro atoms. The van der Waals surface area contributed by atoms with Gasteiger partial charge < -0.3 is 19.3 Å². The van der Waals surface area contributed by atoms with Crippen LogP contribution in [-0.2, 0) is 19.0 Å². The van der Waals surface area contributed by atoms with Crippen LogP contribution in [0.3, 0.4) is 0 Å². The van der Waals surface area contributed by atoms with Crippen LogP contribution in [0.5, 0.6) is 0 Å². The highest BCUT2D eigenvalue weighted by Gasteiger charge is 2.15. The lowest BCUT2D eigenvalue weighted by Gasteiger charge is -2.19. The minimum Gasteiger partial charge on any atom is -0.465 e. The van der Waals surface area contributed by atoms with Gasteiger partial charge in [0.15, 0.2) is 6.29 Å². The zero-order valence-corrected chi connectivity index (χ0v) is 29.2. The van der Waals surface area contributed by atoms with E-state index in [-0.39, 0.29) is 24.8 Å². The average Bonchev–Trinajstić information content (AvgIpc) is 3.02. The van der Waals surface area contributed by atoms with Crippen molar-refractivity contribution in [2.75, 3.05) is 26.4 Å². The van der Waals surface area contributed by atoms with Gasteiger partial charge in [-0.05, 0) is 25.7 Å². The summed E-state index contributed by atoms with van der Waals surface area (Å²) in [6.45, 7) is 8.50. The molecule has 43 heavy (non-hydrogen) atoms. The lowest BCUT2D eigenvalue weighted by atomic mass is 10.0. The summed E-state index contributed by atoms with van der Waals surface area (Å²) in [7, 11) is 0. The first-order valence-electron chi connectivity index (χ1n) is 19.0. The highest BCUT2D eigenvalue weighted by atomic mass is 16.7. The van der Waals surface area contributed by atoms with Crippen LogP contribution in [0.15, 0.2) is 0 Å². The lowest BCUT2D eigenvalue weighted by molar-refractivity contribution is -0.160. The van der Waals surface area contributed by atoms with Gasteiger partial charge in [0.2, 0.25) is 0 Å². The fourth-order valence-corrected chi connectivity index (χ4v) is 5.44. The Hall–Kier alpha value is -0.650. The summed E-state index contributed by atoms with van der Waals surface area (Å²) in [5.41, 5.74) is 0. The molecule has 0 bridgehead atoms. The molecule has 0 aromatic rings. The molecule has 1 unspecified atom stereocenters. The molecular weight excluding hydrogens is 536 g/mol. The number of aliphatic hydroxyl groups is 1. The molecule has 257 valence electrons. The minimum absolute atomic E-state index is 0.0379. The standard InChI is InChI=1S/C38H75O5/c1-4-7-10-13-16-17-18-19-20-21-22-23-26-29-36(34-39)35-43-37(40)30-31-38(41-32-27-24-14-11-8-5-2)42-33-28-25-15-12-9-6-3/h16,36,38-39H,4-15,17-35H2,1-3H3. The molecule has 1 N–H and O–H groups in total. The first kappa shape index (κ1) is 42.3. The van der Waals surface area contributed by atoms with Crippen LogP contribution in [0, 0.1) is 12.3 Å². The lowest BCUT2D eigenvalue weighted by Crippen LogP contribution is -2.22. The average molecular weight is 612 g/mol. The van der Waals surface area contributed by atoms with Crippen molar-refractivity contribution in [3.8, 4) is 0 Å². The van der Waals surface area contributed by atoms with Crippen LogP contribution in [0.1, 0.15) is 194 Å². The number of rotatable bonds is 36. The summed E-state index contributed by atoms with van der Waals surface area (Å²) in [4.78, 5) is 12.5. The van der Waals surface area contributed by atoms with E-state index < -0.39 is 0 Å². The van der Waals surface area contributed by atoms with Crippen LogP contribution in [0.2, 0.25) is 0 Å². The minimum atomic E-state index is -0.337. The molecule has 0 aromatic heterocycles. The number of hydrogen-bond donors (Lipinski definition) is 1. The molecule has 1 atom stereocenters. The number of carbonyl (C=O) groups excluding carboxylic acids is 1. The summed E-state index contributed by atoms with van der Waals surface area (Å²) < 4.78 is 17.7. The van der Waals surface area contributed by atoms with Crippen LogP contribution in [0.4, 0.5) is 0 Å². The zero-order chi connectivity index (χ0) is 31.5. The summed E-state index contributed by atoms with van der Waals surface area (Å²) in [6.07, 6.45) is 34.1. The Morgan fingerprint density at radius 1 is 0.581 bits per heavy atom. The van der Waals surface area contributed by atoms with Crippen molar-refractivity contribution in [1.29, 1.82) is 0 Å². The molecule has 5 nitrogen and oxygen atoms in total. The predicted octanol–water partition coefficient (Wildman–Crippen LogP) is 11.3. The molecule has 0 aliphatic heterocycles. The van der Waals surface area contributed by atoms with Crippen molar-refractivity contribution in [3.63, 3.8) is 0 Å². The van der Waals surface area contributed by atoms with Gasteiger partial charge in [0.1, 0.15) is 0 Å². The van der Waals surface area contributed by atoms with E-state index >= 15 is 0 Å². The second kappa shape index (κ2) is 35.8. The van der Waals surface area contributed by atoms with E-state index in [1.807, 2.05) is 0 Å². The number of esters is 1. The summed E-state index contributed by atoms with van der Waals surface area (Å²) in [5.74, 6) is -0.173. The van der Waals surface area contributed by atoms with Gasteiger partial charge in [-0.15, -0.1) is 0 Å². The Labute approximate surface area is 269 Å². The van der Waals surface area contributed by atoms with Gasteiger partial charge in [-0.25, -0.2) is 0 Å². The summed E-state index contributed by atoms with van der Waals surface area (Å²) in [6, 6.07) is 0. The van der Waals surface area contributed by atoms with Crippen molar-refractivity contribution < 1.29 is 24.1 Å². The molecule has 0 aliphatic carbocycles. The smallest absolute Gasteiger partial charge is 0.305 e. The highest BCUT2D eigenvalue weighted by molar-refractivity contribution is 5.69. The Kier molecular flexibility index (Phi) is 35.3. The third kappa shape index (κ3) is 32.6. The monoisotopic (exact) mass is 612 g/mol. The van der Waals surface area contributed by atoms with Crippen LogP contribution >= 0.6 is 0 Å². The van der Waals surface area contributed by atoms with E-state index in [2.05, 4.69) is 27.2 Å². The SMILES string of the molecule is CCCCC[CH]CCCCCCCCCC(CO)COC(=O)CCC(OCCCCCCCC)OCCCCCCCC. The molecule has 0 saturated heterocycles. The molecule has 0 amide bonds. The Morgan fingerprint density at radius 2 is 1.02 bits per heavy atom. The van der Waals surface area contributed by atoms with Gasteiger partial charge in [-0.2, -0.15) is 0 Å². The van der Waals surface area contributed by atoms with Gasteiger partial charge in [-0.1, -0.05) is 162 Å². The van der Waals surface area contributed by atoms with Crippen LogP contribution in [-0.4, -0.2) is 43.8 Å². The van der Waals surface area contributed by atoms with Crippen LogP contribution in [0.25, 0.3) is 0 Å². The van der Waals surface area contributed by atoms with Gasteiger partial charge in [0.25, 0.3) is 0 Å². The largest absolute Gasteiger partial charge is 0.465 e. The first-order chi connectivity index (χ1) is 21.2.